The standard InChI is InChI=1S/C21H21N3O2S.ClH/c1-13-4-6-14(7-5-13)18-12-27-21(22-18)24-23-17-9-8-15-10-19(25-2)20(26-3)11-16(15)17;/h4-7,10-12H,8-9H2,1-3H3,(H,22,24);1H/b23-17+;. The number of halogens is 1. The molecule has 0 amide bonds. The topological polar surface area (TPSA) is 55.7 Å². The smallest absolute Gasteiger partial charge is 0.203 e. The number of ether oxygens (including phenoxy) is 2. The molecule has 0 spiro atoms. The SMILES string of the molecule is COc1cc2c(cc1OC)/C(=N/Nc1nc(-c3ccc(C)cc3)cs1)CC2.Cl. The quantitative estimate of drug-likeness (QED) is 0.573. The first-order chi connectivity index (χ1) is 13.2. The Balaban J connectivity index is 0.00000225. The van der Waals surface area contributed by atoms with Crippen molar-refractivity contribution in [3.63, 3.8) is 0 Å². The molecule has 0 saturated carbocycles. The molecule has 0 unspecified atom stereocenters. The number of benzene rings is 2. The molecule has 0 atom stereocenters. The molecular weight excluding hydrogens is 394 g/mol. The molecule has 0 fully saturated rings. The molecule has 0 bridgehead atoms. The Morgan fingerprint density at radius 2 is 1.75 bits per heavy atom. The number of nitrogens with zero attached hydrogens (tertiary/aromatic N) is 2. The fourth-order valence-electron chi connectivity index (χ4n) is 3.20. The maximum absolute atomic E-state index is 5.42. The number of hydrogen-bond donors (Lipinski definition) is 1. The summed E-state index contributed by atoms with van der Waals surface area (Å²) < 4.78 is 10.8. The van der Waals surface area contributed by atoms with Gasteiger partial charge in [0.15, 0.2) is 11.5 Å². The minimum Gasteiger partial charge on any atom is -0.493 e. The lowest BCUT2D eigenvalue weighted by molar-refractivity contribution is 0.354. The van der Waals surface area contributed by atoms with Crippen molar-refractivity contribution in [2.24, 2.45) is 5.10 Å². The summed E-state index contributed by atoms with van der Waals surface area (Å²) in [6.07, 6.45) is 1.83. The number of rotatable bonds is 5. The van der Waals surface area contributed by atoms with Crippen LogP contribution in [0.2, 0.25) is 0 Å². The van der Waals surface area contributed by atoms with Crippen molar-refractivity contribution in [1.82, 2.24) is 4.98 Å². The lowest BCUT2D eigenvalue weighted by Crippen LogP contribution is -2.01. The summed E-state index contributed by atoms with van der Waals surface area (Å²) in [5.74, 6) is 1.48. The third-order valence-electron chi connectivity index (χ3n) is 4.69. The van der Waals surface area contributed by atoms with Crippen LogP contribution < -0.4 is 14.9 Å². The van der Waals surface area contributed by atoms with Gasteiger partial charge in [0.2, 0.25) is 5.13 Å². The number of anilines is 1. The van der Waals surface area contributed by atoms with E-state index in [1.54, 1.807) is 25.6 Å². The van der Waals surface area contributed by atoms with E-state index < -0.39 is 0 Å². The molecule has 1 N–H and O–H groups in total. The Kier molecular flexibility index (Phi) is 6.21. The van der Waals surface area contributed by atoms with E-state index in [-0.39, 0.29) is 12.4 Å². The maximum atomic E-state index is 5.42. The van der Waals surface area contributed by atoms with Crippen molar-refractivity contribution < 1.29 is 9.47 Å². The van der Waals surface area contributed by atoms with Crippen molar-refractivity contribution in [2.75, 3.05) is 19.6 Å². The predicted molar refractivity (Wildman–Crippen MR) is 118 cm³/mol. The molecule has 0 aliphatic heterocycles. The second kappa shape index (κ2) is 8.63. The van der Waals surface area contributed by atoms with Crippen molar-refractivity contribution in [3.8, 4) is 22.8 Å². The Hall–Kier alpha value is -2.57. The normalized spacial score (nSPS) is 13.8. The number of hydrazone groups is 1. The van der Waals surface area contributed by atoms with Crippen LogP contribution in [0.3, 0.4) is 0 Å². The highest BCUT2D eigenvalue weighted by Crippen LogP contribution is 2.35. The molecule has 4 rings (SSSR count). The van der Waals surface area contributed by atoms with Crippen LogP contribution in [0, 0.1) is 6.92 Å². The highest BCUT2D eigenvalue weighted by Gasteiger charge is 2.21. The molecule has 3 aromatic rings. The van der Waals surface area contributed by atoms with Gasteiger partial charge in [0.05, 0.1) is 25.6 Å². The average molecular weight is 416 g/mol. The number of fused-ring (bicyclic) bond motifs is 1. The molecule has 1 aromatic heterocycles. The number of aromatic nitrogens is 1. The van der Waals surface area contributed by atoms with E-state index in [2.05, 4.69) is 46.7 Å². The minimum absolute atomic E-state index is 0. The van der Waals surface area contributed by atoms with Crippen LogP contribution in [0.1, 0.15) is 23.1 Å². The van der Waals surface area contributed by atoms with E-state index in [1.165, 1.54) is 11.1 Å². The van der Waals surface area contributed by atoms with Crippen molar-refractivity contribution in [1.29, 1.82) is 0 Å². The zero-order valence-corrected chi connectivity index (χ0v) is 17.6. The van der Waals surface area contributed by atoms with E-state index in [9.17, 15) is 0 Å². The minimum atomic E-state index is 0. The van der Waals surface area contributed by atoms with Crippen LogP contribution in [0.15, 0.2) is 46.9 Å². The average Bonchev–Trinajstić information content (AvgIpc) is 3.32. The van der Waals surface area contributed by atoms with E-state index in [0.29, 0.717) is 0 Å². The summed E-state index contributed by atoms with van der Waals surface area (Å²) >= 11 is 1.55. The van der Waals surface area contributed by atoms with Gasteiger partial charge in [-0.15, -0.1) is 23.7 Å². The zero-order chi connectivity index (χ0) is 18.8. The summed E-state index contributed by atoms with van der Waals surface area (Å²) in [7, 11) is 3.31. The maximum Gasteiger partial charge on any atom is 0.203 e. The number of nitrogens with one attached hydrogen (secondary N) is 1. The number of aryl methyl sites for hydroxylation is 2. The Bertz CT molecular complexity index is 999. The fourth-order valence-corrected chi connectivity index (χ4v) is 3.86. The zero-order valence-electron chi connectivity index (χ0n) is 16.0. The lowest BCUT2D eigenvalue weighted by Gasteiger charge is -2.10. The van der Waals surface area contributed by atoms with Crippen LogP contribution in [-0.2, 0) is 6.42 Å². The van der Waals surface area contributed by atoms with Crippen molar-refractivity contribution in [3.05, 3.63) is 58.5 Å². The van der Waals surface area contributed by atoms with Crippen molar-refractivity contribution in [2.45, 2.75) is 19.8 Å². The number of methoxy groups -OCH3 is 2. The fraction of sp³-hybridized carbons (Fsp3) is 0.238. The van der Waals surface area contributed by atoms with Crippen LogP contribution in [0.25, 0.3) is 11.3 Å². The van der Waals surface area contributed by atoms with Gasteiger partial charge in [-0.2, -0.15) is 5.10 Å². The second-order valence-corrected chi connectivity index (χ2v) is 7.30. The molecular formula is C21H22ClN3O2S. The van der Waals surface area contributed by atoms with Gasteiger partial charge >= 0.3 is 0 Å². The molecule has 0 radical (unpaired) electrons. The van der Waals surface area contributed by atoms with Gasteiger partial charge in [-0.3, -0.25) is 5.43 Å². The van der Waals surface area contributed by atoms with Gasteiger partial charge < -0.3 is 9.47 Å². The molecule has 146 valence electrons. The molecule has 28 heavy (non-hydrogen) atoms. The van der Waals surface area contributed by atoms with Gasteiger partial charge in [-0.1, -0.05) is 29.8 Å². The molecule has 0 saturated heterocycles. The first-order valence-electron chi connectivity index (χ1n) is 8.78. The van der Waals surface area contributed by atoms with E-state index in [4.69, 9.17) is 9.47 Å². The van der Waals surface area contributed by atoms with E-state index in [1.807, 2.05) is 17.5 Å². The molecule has 5 nitrogen and oxygen atoms in total. The van der Waals surface area contributed by atoms with Gasteiger partial charge in [0.1, 0.15) is 0 Å². The summed E-state index contributed by atoms with van der Waals surface area (Å²) in [5.41, 5.74) is 9.78. The first-order valence-corrected chi connectivity index (χ1v) is 9.66. The second-order valence-electron chi connectivity index (χ2n) is 6.44. The molecule has 2 aromatic carbocycles. The van der Waals surface area contributed by atoms with Crippen LogP contribution >= 0.6 is 23.7 Å². The molecule has 7 heteroatoms. The summed E-state index contributed by atoms with van der Waals surface area (Å²) in [6.45, 7) is 2.08. The Labute approximate surface area is 174 Å². The lowest BCUT2D eigenvalue weighted by atomic mass is 10.1. The van der Waals surface area contributed by atoms with Crippen LogP contribution in [-0.4, -0.2) is 24.9 Å². The first kappa shape index (κ1) is 20.2. The molecule has 1 aliphatic rings. The Morgan fingerprint density at radius 3 is 2.46 bits per heavy atom. The molecule has 1 heterocycles. The van der Waals surface area contributed by atoms with E-state index in [0.717, 1.165) is 52.0 Å². The number of hydrogen-bond acceptors (Lipinski definition) is 6. The van der Waals surface area contributed by atoms with Gasteiger partial charge in [-0.25, -0.2) is 4.98 Å². The number of thiazole rings is 1. The predicted octanol–water partition coefficient (Wildman–Crippen LogP) is 5.32. The third-order valence-corrected chi connectivity index (χ3v) is 5.44. The molecule has 1 aliphatic carbocycles. The van der Waals surface area contributed by atoms with Crippen molar-refractivity contribution >= 4 is 34.6 Å². The third kappa shape index (κ3) is 3.98. The van der Waals surface area contributed by atoms with Crippen LogP contribution in [0.4, 0.5) is 5.13 Å². The van der Waals surface area contributed by atoms with Gasteiger partial charge in [0, 0.05) is 16.5 Å². The van der Waals surface area contributed by atoms with Gasteiger partial charge in [0.25, 0.3) is 0 Å². The highest BCUT2D eigenvalue weighted by atomic mass is 35.5. The highest BCUT2D eigenvalue weighted by molar-refractivity contribution is 7.14. The van der Waals surface area contributed by atoms with Gasteiger partial charge in [-0.05, 0) is 37.5 Å². The van der Waals surface area contributed by atoms with Crippen LogP contribution in [0.5, 0.6) is 11.5 Å². The summed E-state index contributed by atoms with van der Waals surface area (Å²) in [4.78, 5) is 4.64. The summed E-state index contributed by atoms with van der Waals surface area (Å²) in [5, 5.41) is 7.43. The monoisotopic (exact) mass is 415 g/mol. The van der Waals surface area contributed by atoms with E-state index >= 15 is 0 Å². The summed E-state index contributed by atoms with van der Waals surface area (Å²) in [6, 6.07) is 12.4. The Morgan fingerprint density at radius 1 is 1.04 bits per heavy atom. The largest absolute Gasteiger partial charge is 0.493 e.